The molecule has 0 bridgehead atoms. The number of phenolic OH excluding ortho intramolecular Hbond substituents is 1. The third kappa shape index (κ3) is 2.75. The van der Waals surface area contributed by atoms with Crippen molar-refractivity contribution in [2.75, 3.05) is 5.73 Å². The average Bonchev–Trinajstić information content (AvgIpc) is 2.87. The Morgan fingerprint density at radius 1 is 1.30 bits per heavy atom. The summed E-state index contributed by atoms with van der Waals surface area (Å²) < 4.78 is 13.9. The Balaban J connectivity index is 1.87. The molecule has 1 aliphatic rings. The summed E-state index contributed by atoms with van der Waals surface area (Å²) in [6, 6.07) is 8.96. The highest BCUT2D eigenvalue weighted by molar-refractivity contribution is 6.08. The minimum atomic E-state index is -0.394. The molecule has 0 saturated carbocycles. The van der Waals surface area contributed by atoms with Gasteiger partial charge in [-0.1, -0.05) is 6.92 Å². The quantitative estimate of drug-likeness (QED) is 0.588. The van der Waals surface area contributed by atoms with E-state index >= 15 is 0 Å². The van der Waals surface area contributed by atoms with Gasteiger partial charge in [0.05, 0.1) is 5.71 Å². The van der Waals surface area contributed by atoms with Gasteiger partial charge in [0.15, 0.2) is 0 Å². The monoisotopic (exact) mass is 313 g/mol. The van der Waals surface area contributed by atoms with Crippen LogP contribution in [-0.4, -0.2) is 16.7 Å². The van der Waals surface area contributed by atoms with Crippen molar-refractivity contribution in [1.29, 1.82) is 0 Å². The van der Waals surface area contributed by atoms with Crippen LogP contribution in [0.2, 0.25) is 0 Å². The number of nitrogen functional groups attached to an aromatic ring is 1. The summed E-state index contributed by atoms with van der Waals surface area (Å²) in [6.45, 7) is 1.85. The molecule has 2 aromatic rings. The van der Waals surface area contributed by atoms with Crippen LogP contribution in [0.1, 0.15) is 40.7 Å². The number of carbonyl (C=O) groups excluding carboxylic acids is 1. The fourth-order valence-electron chi connectivity index (χ4n) is 2.78. The summed E-state index contributed by atoms with van der Waals surface area (Å²) in [5.74, 6) is -0.912. The zero-order valence-corrected chi connectivity index (χ0v) is 12.5. The maximum atomic E-state index is 13.9. The molecule has 6 heteroatoms. The molecule has 118 valence electrons. The number of hydrazone groups is 1. The minimum absolute atomic E-state index is 0.0359. The summed E-state index contributed by atoms with van der Waals surface area (Å²) in [7, 11) is 0. The number of phenols is 1. The van der Waals surface area contributed by atoms with Gasteiger partial charge in [0.1, 0.15) is 11.6 Å². The smallest absolute Gasteiger partial charge is 0.271 e. The zero-order chi connectivity index (χ0) is 16.6. The Labute approximate surface area is 132 Å². The van der Waals surface area contributed by atoms with E-state index in [9.17, 15) is 14.3 Å². The maximum absolute atomic E-state index is 13.9. The molecule has 0 saturated heterocycles. The number of hydrogen-bond acceptors (Lipinski definition) is 4. The van der Waals surface area contributed by atoms with E-state index in [0.717, 1.165) is 0 Å². The third-order valence-corrected chi connectivity index (χ3v) is 3.92. The van der Waals surface area contributed by atoms with E-state index in [0.29, 0.717) is 34.5 Å². The summed E-state index contributed by atoms with van der Waals surface area (Å²) in [5.41, 5.74) is 10.3. The van der Waals surface area contributed by atoms with Crippen LogP contribution in [0.5, 0.6) is 5.75 Å². The first-order valence-electron chi connectivity index (χ1n) is 7.21. The van der Waals surface area contributed by atoms with Crippen LogP contribution in [0.15, 0.2) is 41.5 Å². The summed E-state index contributed by atoms with van der Waals surface area (Å²) in [6.07, 6.45) is 0.450. The van der Waals surface area contributed by atoms with E-state index < -0.39 is 5.91 Å². The van der Waals surface area contributed by atoms with Crippen LogP contribution in [-0.2, 0) is 0 Å². The van der Waals surface area contributed by atoms with Gasteiger partial charge in [-0.15, -0.1) is 0 Å². The van der Waals surface area contributed by atoms with Crippen molar-refractivity contribution in [2.24, 2.45) is 5.10 Å². The fourth-order valence-corrected chi connectivity index (χ4v) is 2.78. The average molecular weight is 313 g/mol. The van der Waals surface area contributed by atoms with Gasteiger partial charge in [0, 0.05) is 22.4 Å². The van der Waals surface area contributed by atoms with Gasteiger partial charge < -0.3 is 10.8 Å². The second-order valence-electron chi connectivity index (χ2n) is 5.58. The number of nitrogens with zero attached hydrogens (tertiary/aromatic N) is 1. The lowest BCUT2D eigenvalue weighted by Crippen LogP contribution is -2.19. The van der Waals surface area contributed by atoms with Crippen molar-refractivity contribution >= 4 is 17.3 Å². The number of hydrogen-bond donors (Lipinski definition) is 3. The van der Waals surface area contributed by atoms with E-state index in [4.69, 9.17) is 5.73 Å². The van der Waals surface area contributed by atoms with E-state index in [-0.39, 0.29) is 17.5 Å². The first kappa shape index (κ1) is 15.0. The molecular formula is C17H16FN3O2. The Morgan fingerprint density at radius 2 is 2.00 bits per heavy atom. The van der Waals surface area contributed by atoms with Gasteiger partial charge in [-0.25, -0.2) is 9.82 Å². The molecule has 0 aliphatic heterocycles. The number of rotatable bonds is 2. The van der Waals surface area contributed by atoms with Crippen molar-refractivity contribution in [2.45, 2.75) is 19.3 Å². The number of fused-ring (bicyclic) bond motifs is 1. The standard InChI is InChI=1S/C17H16FN3O2/c1-9-8-13(16-14(22)7-6-12(18)15(9)16)20-21-17(23)10-2-4-11(19)5-3-10/h2-7,9,22H,8,19H2,1H3,(H,21,23)/b20-13+/t9-/m1/s1. The molecule has 1 atom stereocenters. The SMILES string of the molecule is C[C@@H]1C/C(=N\NC(=O)c2ccc(N)cc2)c2c(O)ccc(F)c21. The molecule has 0 spiro atoms. The number of nitrogens with one attached hydrogen (secondary N) is 1. The number of aromatic hydroxyl groups is 1. The number of anilines is 1. The minimum Gasteiger partial charge on any atom is -0.507 e. The zero-order valence-electron chi connectivity index (χ0n) is 12.5. The Morgan fingerprint density at radius 3 is 2.70 bits per heavy atom. The highest BCUT2D eigenvalue weighted by Gasteiger charge is 2.30. The van der Waals surface area contributed by atoms with E-state index in [2.05, 4.69) is 10.5 Å². The van der Waals surface area contributed by atoms with Crippen LogP contribution in [0.3, 0.4) is 0 Å². The topological polar surface area (TPSA) is 87.7 Å². The molecule has 4 N–H and O–H groups in total. The highest BCUT2D eigenvalue weighted by Crippen LogP contribution is 2.39. The molecule has 2 aromatic carbocycles. The largest absolute Gasteiger partial charge is 0.507 e. The molecule has 1 aliphatic carbocycles. The molecular weight excluding hydrogens is 297 g/mol. The maximum Gasteiger partial charge on any atom is 0.271 e. The van der Waals surface area contributed by atoms with E-state index in [1.807, 2.05) is 6.92 Å². The van der Waals surface area contributed by atoms with Crippen molar-refractivity contribution in [3.05, 3.63) is 58.9 Å². The lowest BCUT2D eigenvalue weighted by molar-refractivity contribution is 0.0955. The van der Waals surface area contributed by atoms with Crippen LogP contribution in [0, 0.1) is 5.82 Å². The molecule has 1 amide bonds. The number of benzene rings is 2. The molecule has 5 nitrogen and oxygen atoms in total. The second-order valence-corrected chi connectivity index (χ2v) is 5.58. The lowest BCUT2D eigenvalue weighted by Gasteiger charge is -2.06. The van der Waals surface area contributed by atoms with E-state index in [1.165, 1.54) is 12.1 Å². The van der Waals surface area contributed by atoms with Crippen LogP contribution >= 0.6 is 0 Å². The molecule has 23 heavy (non-hydrogen) atoms. The summed E-state index contributed by atoms with van der Waals surface area (Å²) in [4.78, 5) is 12.1. The first-order valence-corrected chi connectivity index (χ1v) is 7.21. The second kappa shape index (κ2) is 5.72. The van der Waals surface area contributed by atoms with Gasteiger partial charge >= 0.3 is 0 Å². The lowest BCUT2D eigenvalue weighted by atomic mass is 10.0. The molecule has 0 radical (unpaired) electrons. The van der Waals surface area contributed by atoms with Gasteiger partial charge in [0.25, 0.3) is 5.91 Å². The van der Waals surface area contributed by atoms with Gasteiger partial charge in [-0.3, -0.25) is 4.79 Å². The molecule has 0 aromatic heterocycles. The van der Waals surface area contributed by atoms with Crippen LogP contribution in [0.4, 0.5) is 10.1 Å². The fraction of sp³-hybridized carbons (Fsp3) is 0.176. The van der Waals surface area contributed by atoms with Crippen molar-refractivity contribution in [1.82, 2.24) is 5.43 Å². The van der Waals surface area contributed by atoms with Crippen molar-refractivity contribution in [3.8, 4) is 5.75 Å². The molecule has 0 unspecified atom stereocenters. The van der Waals surface area contributed by atoms with Gasteiger partial charge in [-0.05, 0) is 48.7 Å². The highest BCUT2D eigenvalue weighted by atomic mass is 19.1. The predicted molar refractivity (Wildman–Crippen MR) is 86.0 cm³/mol. The van der Waals surface area contributed by atoms with Crippen LogP contribution < -0.4 is 11.2 Å². The number of nitrogens with two attached hydrogens (primary N) is 1. The van der Waals surface area contributed by atoms with Crippen molar-refractivity contribution in [3.63, 3.8) is 0 Å². The molecule has 0 fully saturated rings. The first-order chi connectivity index (χ1) is 11.0. The third-order valence-electron chi connectivity index (χ3n) is 3.92. The van der Waals surface area contributed by atoms with Gasteiger partial charge in [0.2, 0.25) is 0 Å². The number of amides is 1. The van der Waals surface area contributed by atoms with Crippen LogP contribution in [0.25, 0.3) is 0 Å². The molecule has 0 heterocycles. The summed E-state index contributed by atoms with van der Waals surface area (Å²) in [5, 5.41) is 14.1. The number of halogens is 1. The Bertz CT molecular complexity index is 800. The van der Waals surface area contributed by atoms with Crippen molar-refractivity contribution < 1.29 is 14.3 Å². The Hall–Kier alpha value is -2.89. The number of carbonyl (C=O) groups is 1. The molecule has 3 rings (SSSR count). The normalized spacial score (nSPS) is 18.0. The summed E-state index contributed by atoms with van der Waals surface area (Å²) >= 11 is 0. The van der Waals surface area contributed by atoms with E-state index in [1.54, 1.807) is 24.3 Å². The predicted octanol–water partition coefficient (Wildman–Crippen LogP) is 2.75. The van der Waals surface area contributed by atoms with Gasteiger partial charge in [-0.2, -0.15) is 5.10 Å². The Kier molecular flexibility index (Phi) is 3.73.